The van der Waals surface area contributed by atoms with Gasteiger partial charge in [0.15, 0.2) is 6.10 Å². The molecule has 0 radical (unpaired) electrons. The molecule has 9 atom stereocenters. The third-order valence-electron chi connectivity index (χ3n) is 10.7. The van der Waals surface area contributed by atoms with Crippen molar-refractivity contribution >= 4 is 23.3 Å². The quantitative estimate of drug-likeness (QED) is 0.451. The molecule has 0 N–H and O–H groups in total. The van der Waals surface area contributed by atoms with Crippen LogP contribution in [0.1, 0.15) is 92.4 Å². The highest BCUT2D eigenvalue weighted by molar-refractivity contribution is 5.93. The molecule has 0 aromatic heterocycles. The molecule has 0 amide bonds. The number of hydrogen-bond acceptors (Lipinski definition) is 5. The maximum atomic E-state index is 13.8. The van der Waals surface area contributed by atoms with E-state index in [0.717, 1.165) is 26.2 Å². The van der Waals surface area contributed by atoms with Crippen LogP contribution in [0.4, 0.5) is 8.78 Å². The van der Waals surface area contributed by atoms with Crippen molar-refractivity contribution in [2.75, 3.05) is 0 Å². The molecule has 0 aromatic rings. The molecule has 0 saturated heterocycles. The van der Waals surface area contributed by atoms with Crippen LogP contribution in [0.15, 0.2) is 0 Å². The number of carbonyl (C=O) groups excluding carboxylic acids is 4. The second-order valence-electron chi connectivity index (χ2n) is 12.6. The van der Waals surface area contributed by atoms with Crippen molar-refractivity contribution in [1.29, 1.82) is 0 Å². The fourth-order valence-electron chi connectivity index (χ4n) is 8.30. The lowest BCUT2D eigenvalue weighted by atomic mass is 9.44. The molecule has 0 aromatic carbocycles. The summed E-state index contributed by atoms with van der Waals surface area (Å²) in [6.07, 6.45) is 3.24. The highest BCUT2D eigenvalue weighted by Crippen LogP contribution is 2.66. The first-order valence-corrected chi connectivity index (χ1v) is 13.3. The largest absolute Gasteiger partial charge is 0.456 e. The number of fused-ring (bicyclic) bond motifs is 5. The summed E-state index contributed by atoms with van der Waals surface area (Å²) in [5, 5.41) is 0. The molecule has 0 aliphatic heterocycles. The van der Waals surface area contributed by atoms with Crippen LogP contribution in [0.5, 0.6) is 0 Å². The predicted octanol–water partition coefficient (Wildman–Crippen LogP) is 5.58. The van der Waals surface area contributed by atoms with Gasteiger partial charge in [0.2, 0.25) is 0 Å². The van der Waals surface area contributed by atoms with Crippen molar-refractivity contribution in [3.63, 3.8) is 0 Å². The van der Waals surface area contributed by atoms with E-state index in [0.29, 0.717) is 32.1 Å². The van der Waals surface area contributed by atoms with Crippen molar-refractivity contribution in [3.8, 4) is 0 Å². The topological polar surface area (TPSA) is 77.5 Å². The third-order valence-corrected chi connectivity index (χ3v) is 10.7. The maximum Gasteiger partial charge on any atom is 0.306 e. The highest BCUT2D eigenvalue weighted by Gasteiger charge is 2.66. The molecule has 4 aliphatic rings. The van der Waals surface area contributed by atoms with Gasteiger partial charge in [0, 0.05) is 50.4 Å². The molecule has 35 heavy (non-hydrogen) atoms. The minimum atomic E-state index is -3.09. The van der Waals surface area contributed by atoms with Crippen LogP contribution >= 0.6 is 0 Å². The van der Waals surface area contributed by atoms with Crippen LogP contribution in [0.25, 0.3) is 0 Å². The fourth-order valence-corrected chi connectivity index (χ4v) is 8.30. The van der Waals surface area contributed by atoms with E-state index in [2.05, 4.69) is 6.92 Å². The molecule has 4 aliphatic carbocycles. The lowest BCUT2D eigenvalue weighted by Gasteiger charge is -2.58. The summed E-state index contributed by atoms with van der Waals surface area (Å²) in [6, 6.07) is 0. The smallest absolute Gasteiger partial charge is 0.306 e. The van der Waals surface area contributed by atoms with E-state index in [1.807, 2.05) is 13.8 Å². The number of ether oxygens (including phenoxy) is 1. The van der Waals surface area contributed by atoms with Gasteiger partial charge < -0.3 is 4.74 Å². The zero-order valence-corrected chi connectivity index (χ0v) is 21.7. The zero-order valence-electron chi connectivity index (χ0n) is 21.7. The monoisotopic (exact) mass is 494 g/mol. The first-order chi connectivity index (χ1) is 16.2. The fraction of sp³-hybridized carbons (Fsp3) is 0.857. The van der Waals surface area contributed by atoms with Gasteiger partial charge in [0.1, 0.15) is 17.3 Å². The summed E-state index contributed by atoms with van der Waals surface area (Å²) in [6.45, 7) is 8.17. The Morgan fingerprint density at radius 3 is 2.43 bits per heavy atom. The number of hydrogen-bond donors (Lipinski definition) is 0. The number of alkyl halides is 2. The summed E-state index contributed by atoms with van der Waals surface area (Å²) < 4.78 is 31.6. The van der Waals surface area contributed by atoms with Crippen LogP contribution in [-0.2, 0) is 23.9 Å². The van der Waals surface area contributed by atoms with E-state index in [1.54, 1.807) is 0 Å². The Bertz CT molecular complexity index is 910. The van der Waals surface area contributed by atoms with Gasteiger partial charge in [-0.05, 0) is 67.6 Å². The molecule has 7 heteroatoms. The normalized spacial score (nSPS) is 41.0. The number of carbonyl (C=O) groups is 4. The van der Waals surface area contributed by atoms with Gasteiger partial charge in [-0.2, -0.15) is 0 Å². The molecule has 4 fully saturated rings. The van der Waals surface area contributed by atoms with Crippen LogP contribution in [-0.4, -0.2) is 35.3 Å². The van der Waals surface area contributed by atoms with Gasteiger partial charge in [-0.15, -0.1) is 0 Å². The van der Waals surface area contributed by atoms with Crippen LogP contribution in [0.3, 0.4) is 0 Å². The number of halogens is 2. The van der Waals surface area contributed by atoms with Crippen molar-refractivity contribution in [1.82, 2.24) is 0 Å². The molecule has 4 rings (SSSR count). The van der Waals surface area contributed by atoms with E-state index in [9.17, 15) is 28.0 Å². The first kappa shape index (κ1) is 26.4. The van der Waals surface area contributed by atoms with Gasteiger partial charge >= 0.3 is 5.97 Å². The highest BCUT2D eigenvalue weighted by atomic mass is 19.3. The molecule has 0 spiro atoms. The van der Waals surface area contributed by atoms with E-state index >= 15 is 0 Å². The zero-order chi connectivity index (χ0) is 25.9. The second kappa shape index (κ2) is 9.02. The van der Waals surface area contributed by atoms with Crippen LogP contribution in [0, 0.1) is 46.3 Å². The Kier molecular flexibility index (Phi) is 6.81. The summed E-state index contributed by atoms with van der Waals surface area (Å²) in [4.78, 5) is 51.5. The lowest BCUT2D eigenvalue weighted by Crippen LogP contribution is -2.60. The molecule has 0 bridgehead atoms. The van der Waals surface area contributed by atoms with Gasteiger partial charge in [-0.3, -0.25) is 19.2 Å². The van der Waals surface area contributed by atoms with Crippen molar-refractivity contribution in [2.24, 2.45) is 46.3 Å². The Morgan fingerprint density at radius 2 is 1.77 bits per heavy atom. The van der Waals surface area contributed by atoms with Crippen molar-refractivity contribution < 1.29 is 32.7 Å². The van der Waals surface area contributed by atoms with E-state index in [4.69, 9.17) is 4.74 Å². The average molecular weight is 495 g/mol. The molecule has 196 valence electrons. The number of esters is 1. The molecule has 0 heterocycles. The molecular formula is C28H40F2O5. The Labute approximate surface area is 207 Å². The van der Waals surface area contributed by atoms with Crippen molar-refractivity contribution in [3.05, 3.63) is 0 Å². The number of Topliss-reactive ketones (excluding diaryl/α,β-unsaturated/α-hetero) is 3. The van der Waals surface area contributed by atoms with Gasteiger partial charge in [-0.1, -0.05) is 20.8 Å². The SMILES string of the molecule is CC(CCC(=O)OC(C)C(C)(F)F)[C@H]1CC[C@H]2[C@@H]3C(=O)C[C@@H]4CC(=O)CC[C@]4(C)[C@H]3CC(=O)[C@]12C. The molecule has 5 nitrogen and oxygen atoms in total. The Hall–Kier alpha value is -1.66. The van der Waals surface area contributed by atoms with Gasteiger partial charge in [0.05, 0.1) is 0 Å². The Balaban J connectivity index is 1.48. The maximum absolute atomic E-state index is 13.8. The summed E-state index contributed by atoms with van der Waals surface area (Å²) in [5.41, 5.74) is -0.757. The van der Waals surface area contributed by atoms with E-state index in [1.165, 1.54) is 6.92 Å². The van der Waals surface area contributed by atoms with E-state index < -0.39 is 23.4 Å². The molecule has 2 unspecified atom stereocenters. The third kappa shape index (κ3) is 4.39. The minimum Gasteiger partial charge on any atom is -0.456 e. The predicted molar refractivity (Wildman–Crippen MR) is 126 cm³/mol. The molecule has 4 saturated carbocycles. The summed E-state index contributed by atoms with van der Waals surface area (Å²) in [5.74, 6) is -3.07. The van der Waals surface area contributed by atoms with Gasteiger partial charge in [0.25, 0.3) is 5.92 Å². The van der Waals surface area contributed by atoms with Gasteiger partial charge in [-0.25, -0.2) is 8.78 Å². The number of rotatable bonds is 6. The second-order valence-corrected chi connectivity index (χ2v) is 12.6. The van der Waals surface area contributed by atoms with E-state index in [-0.39, 0.29) is 64.7 Å². The standard InChI is InChI=1S/C28H40F2O5/c1-15(6-9-24(34)35-16(2)28(5,29)30)19-7-8-20-25-21(14-23(33)27(19,20)4)26(3)11-10-18(31)12-17(26)13-22(25)32/h15-17,19-21,25H,6-14H2,1-5H3/t15?,16?,17-,19+,20-,21-,25-,26-,27+/m0/s1. The Morgan fingerprint density at radius 1 is 1.09 bits per heavy atom. The molecular weight excluding hydrogens is 454 g/mol. The first-order valence-electron chi connectivity index (χ1n) is 13.3. The van der Waals surface area contributed by atoms with Crippen LogP contribution < -0.4 is 0 Å². The summed E-state index contributed by atoms with van der Waals surface area (Å²) in [7, 11) is 0. The number of ketones is 3. The summed E-state index contributed by atoms with van der Waals surface area (Å²) >= 11 is 0. The lowest BCUT2D eigenvalue weighted by molar-refractivity contribution is -0.168. The van der Waals surface area contributed by atoms with Crippen LogP contribution in [0.2, 0.25) is 0 Å². The average Bonchev–Trinajstić information content (AvgIpc) is 3.12. The minimum absolute atomic E-state index is 0.00476. The van der Waals surface area contributed by atoms with Crippen molar-refractivity contribution in [2.45, 2.75) is 104 Å².